The molecular formula is C13H14FN3O. The number of ether oxygens (including phenoxy) is 1. The van der Waals surface area contributed by atoms with Crippen molar-refractivity contribution in [2.24, 2.45) is 5.73 Å². The van der Waals surface area contributed by atoms with E-state index in [1.54, 1.807) is 38.6 Å². The van der Waals surface area contributed by atoms with Gasteiger partial charge in [-0.3, -0.25) is 9.97 Å². The molecule has 94 valence electrons. The Morgan fingerprint density at radius 3 is 2.67 bits per heavy atom. The summed E-state index contributed by atoms with van der Waals surface area (Å²) < 4.78 is 18.0. The van der Waals surface area contributed by atoms with Crippen LogP contribution in [0.2, 0.25) is 0 Å². The highest BCUT2D eigenvalue weighted by atomic mass is 19.1. The number of methoxy groups -OCH3 is 1. The first-order valence-electron chi connectivity index (χ1n) is 5.44. The molecule has 0 fully saturated rings. The van der Waals surface area contributed by atoms with Crippen molar-refractivity contribution in [2.45, 2.75) is 12.5 Å². The summed E-state index contributed by atoms with van der Waals surface area (Å²) in [6.07, 6.45) is 4.39. The molecule has 2 aromatic heterocycles. The van der Waals surface area contributed by atoms with E-state index in [2.05, 4.69) is 9.97 Å². The minimum atomic E-state index is -0.852. The fourth-order valence-corrected chi connectivity index (χ4v) is 1.65. The Balaban J connectivity index is 2.43. The molecule has 1 atom stereocenters. The highest BCUT2D eigenvalue weighted by molar-refractivity contribution is 5.35. The number of aromatic nitrogens is 2. The third-order valence-corrected chi connectivity index (χ3v) is 2.81. The van der Waals surface area contributed by atoms with Crippen molar-refractivity contribution in [3.63, 3.8) is 0 Å². The van der Waals surface area contributed by atoms with Crippen LogP contribution in [0, 0.1) is 5.82 Å². The summed E-state index contributed by atoms with van der Waals surface area (Å²) in [7, 11) is 1.56. The quantitative estimate of drug-likeness (QED) is 0.899. The number of hydrogen-bond donors (Lipinski definition) is 1. The van der Waals surface area contributed by atoms with Gasteiger partial charge in [-0.1, -0.05) is 0 Å². The van der Waals surface area contributed by atoms with Crippen molar-refractivity contribution in [1.82, 2.24) is 9.97 Å². The maximum absolute atomic E-state index is 12.9. The van der Waals surface area contributed by atoms with E-state index in [9.17, 15) is 4.39 Å². The number of pyridine rings is 2. The van der Waals surface area contributed by atoms with Gasteiger partial charge in [0.1, 0.15) is 11.6 Å². The Hall–Kier alpha value is -2.01. The fraction of sp³-hybridized carbons (Fsp3) is 0.231. The predicted molar refractivity (Wildman–Crippen MR) is 65.6 cm³/mol. The normalized spacial score (nSPS) is 14.0. The van der Waals surface area contributed by atoms with Gasteiger partial charge in [0.15, 0.2) is 0 Å². The fourth-order valence-electron chi connectivity index (χ4n) is 1.65. The second-order valence-corrected chi connectivity index (χ2v) is 4.18. The van der Waals surface area contributed by atoms with Gasteiger partial charge in [-0.25, -0.2) is 4.39 Å². The van der Waals surface area contributed by atoms with E-state index in [1.807, 2.05) is 0 Å². The van der Waals surface area contributed by atoms with Gasteiger partial charge >= 0.3 is 0 Å². The Bertz CT molecular complexity index is 540. The maximum Gasteiger partial charge on any atom is 0.141 e. The van der Waals surface area contributed by atoms with Crippen LogP contribution in [0.4, 0.5) is 4.39 Å². The van der Waals surface area contributed by atoms with Crippen molar-refractivity contribution in [3.8, 4) is 5.75 Å². The molecule has 0 aromatic carbocycles. The maximum atomic E-state index is 12.9. The Morgan fingerprint density at radius 1 is 1.28 bits per heavy atom. The lowest BCUT2D eigenvalue weighted by Crippen LogP contribution is -2.35. The zero-order chi connectivity index (χ0) is 13.2. The smallest absolute Gasteiger partial charge is 0.141 e. The summed E-state index contributed by atoms with van der Waals surface area (Å²) in [5.74, 6) is 0.226. The van der Waals surface area contributed by atoms with Gasteiger partial charge in [0, 0.05) is 6.20 Å². The summed E-state index contributed by atoms with van der Waals surface area (Å²) >= 11 is 0. The average molecular weight is 247 g/mol. The highest BCUT2D eigenvalue weighted by Crippen LogP contribution is 2.26. The third kappa shape index (κ3) is 2.31. The molecule has 0 saturated carbocycles. The van der Waals surface area contributed by atoms with E-state index >= 15 is 0 Å². The Kier molecular flexibility index (Phi) is 3.25. The van der Waals surface area contributed by atoms with Crippen LogP contribution in [0.25, 0.3) is 0 Å². The molecular weight excluding hydrogens is 233 g/mol. The van der Waals surface area contributed by atoms with E-state index in [0.29, 0.717) is 11.4 Å². The molecule has 0 amide bonds. The molecule has 2 heterocycles. The van der Waals surface area contributed by atoms with Crippen molar-refractivity contribution < 1.29 is 9.13 Å². The molecule has 2 rings (SSSR count). The number of halogens is 1. The van der Waals surface area contributed by atoms with Crippen LogP contribution in [-0.2, 0) is 5.54 Å². The summed E-state index contributed by atoms with van der Waals surface area (Å²) in [6, 6.07) is 4.69. The topological polar surface area (TPSA) is 61.0 Å². The van der Waals surface area contributed by atoms with Gasteiger partial charge in [-0.05, 0) is 30.7 Å². The van der Waals surface area contributed by atoms with E-state index < -0.39 is 11.4 Å². The van der Waals surface area contributed by atoms with Crippen LogP contribution in [0.3, 0.4) is 0 Å². The molecule has 0 aliphatic rings. The summed E-state index contributed by atoms with van der Waals surface area (Å²) in [4.78, 5) is 8.07. The van der Waals surface area contributed by atoms with Crippen LogP contribution in [0.1, 0.15) is 18.2 Å². The zero-order valence-corrected chi connectivity index (χ0v) is 10.2. The van der Waals surface area contributed by atoms with Gasteiger partial charge in [0.2, 0.25) is 0 Å². The number of nitrogens with two attached hydrogens (primary N) is 1. The molecule has 18 heavy (non-hydrogen) atoms. The van der Waals surface area contributed by atoms with Crippen LogP contribution in [0.5, 0.6) is 5.75 Å². The number of nitrogens with zero attached hydrogens (tertiary/aromatic N) is 2. The third-order valence-electron chi connectivity index (χ3n) is 2.81. The second kappa shape index (κ2) is 4.70. The standard InChI is InChI=1S/C13H14FN3O/c1-13(15,12-4-3-10(14)7-17-12)9-5-11(18-2)8-16-6-9/h3-8H,15H2,1-2H3. The molecule has 0 aliphatic heterocycles. The van der Waals surface area contributed by atoms with Crippen LogP contribution >= 0.6 is 0 Å². The van der Waals surface area contributed by atoms with Gasteiger partial charge in [-0.15, -0.1) is 0 Å². The summed E-state index contributed by atoms with van der Waals surface area (Å²) in [5, 5.41) is 0. The molecule has 5 heteroatoms. The van der Waals surface area contributed by atoms with Crippen LogP contribution < -0.4 is 10.5 Å². The first-order chi connectivity index (χ1) is 8.54. The molecule has 2 aromatic rings. The lowest BCUT2D eigenvalue weighted by atomic mass is 9.90. The zero-order valence-electron chi connectivity index (χ0n) is 10.2. The van der Waals surface area contributed by atoms with Crippen molar-refractivity contribution in [3.05, 3.63) is 53.9 Å². The molecule has 2 N–H and O–H groups in total. The lowest BCUT2D eigenvalue weighted by molar-refractivity contribution is 0.410. The Morgan fingerprint density at radius 2 is 2.06 bits per heavy atom. The summed E-state index contributed by atoms with van der Waals surface area (Å²) in [5.41, 5.74) is 6.72. The van der Waals surface area contributed by atoms with E-state index in [4.69, 9.17) is 10.5 Å². The van der Waals surface area contributed by atoms with Crippen molar-refractivity contribution >= 4 is 0 Å². The van der Waals surface area contributed by atoms with E-state index in [0.717, 1.165) is 11.8 Å². The van der Waals surface area contributed by atoms with Crippen LogP contribution in [-0.4, -0.2) is 17.1 Å². The van der Waals surface area contributed by atoms with Crippen molar-refractivity contribution in [1.29, 1.82) is 0 Å². The molecule has 0 radical (unpaired) electrons. The monoisotopic (exact) mass is 247 g/mol. The largest absolute Gasteiger partial charge is 0.495 e. The van der Waals surface area contributed by atoms with E-state index in [-0.39, 0.29) is 0 Å². The first-order valence-corrected chi connectivity index (χ1v) is 5.44. The SMILES string of the molecule is COc1cncc(C(C)(N)c2ccc(F)cn2)c1. The highest BCUT2D eigenvalue weighted by Gasteiger charge is 2.26. The van der Waals surface area contributed by atoms with Gasteiger partial charge in [0.25, 0.3) is 0 Å². The average Bonchev–Trinajstić information content (AvgIpc) is 2.39. The minimum absolute atomic E-state index is 0.390. The van der Waals surface area contributed by atoms with Gasteiger partial charge in [0.05, 0.1) is 30.7 Å². The molecule has 1 unspecified atom stereocenters. The van der Waals surface area contributed by atoms with Gasteiger partial charge < -0.3 is 10.5 Å². The van der Waals surface area contributed by atoms with Crippen molar-refractivity contribution in [2.75, 3.05) is 7.11 Å². The molecule has 0 aliphatic carbocycles. The molecule has 4 nitrogen and oxygen atoms in total. The summed E-state index contributed by atoms with van der Waals surface area (Å²) in [6.45, 7) is 1.80. The molecule has 0 saturated heterocycles. The first kappa shape index (κ1) is 12.4. The number of hydrogen-bond acceptors (Lipinski definition) is 4. The lowest BCUT2D eigenvalue weighted by Gasteiger charge is -2.24. The minimum Gasteiger partial charge on any atom is -0.495 e. The molecule has 0 bridgehead atoms. The Labute approximate surface area is 105 Å². The molecule has 0 spiro atoms. The van der Waals surface area contributed by atoms with Crippen LogP contribution in [0.15, 0.2) is 36.8 Å². The van der Waals surface area contributed by atoms with Gasteiger partial charge in [-0.2, -0.15) is 0 Å². The second-order valence-electron chi connectivity index (χ2n) is 4.18. The number of rotatable bonds is 3. The van der Waals surface area contributed by atoms with E-state index in [1.165, 1.54) is 6.07 Å². The predicted octanol–water partition coefficient (Wildman–Crippen LogP) is 1.85.